The van der Waals surface area contributed by atoms with E-state index in [2.05, 4.69) is 27.0 Å². The Morgan fingerprint density at radius 2 is 2.12 bits per heavy atom. The number of rotatable bonds is 4. The highest BCUT2D eigenvalue weighted by molar-refractivity contribution is 5.02. The van der Waals surface area contributed by atoms with Crippen molar-refractivity contribution < 1.29 is 0 Å². The van der Waals surface area contributed by atoms with E-state index in [1.807, 2.05) is 0 Å². The van der Waals surface area contributed by atoms with Crippen molar-refractivity contribution in [2.75, 3.05) is 6.54 Å². The smallest absolute Gasteiger partial charge is 0.133 e. The van der Waals surface area contributed by atoms with E-state index in [0.29, 0.717) is 12.1 Å². The van der Waals surface area contributed by atoms with E-state index >= 15 is 0 Å². The first-order valence-corrected chi connectivity index (χ1v) is 6.98. The van der Waals surface area contributed by atoms with Crippen molar-refractivity contribution in [3.63, 3.8) is 0 Å². The Kier molecular flexibility index (Phi) is 3.14. The number of piperidine rings is 1. The maximum atomic E-state index is 4.35. The SMILES string of the molecule is Cc1nnc(CCC2CCCCN2)n1C1CC1. The van der Waals surface area contributed by atoms with Gasteiger partial charge in [-0.3, -0.25) is 0 Å². The second kappa shape index (κ2) is 4.77. The standard InChI is InChI=1S/C13H22N4/c1-10-15-16-13(17(10)12-6-7-12)8-5-11-4-2-3-9-14-11/h11-12,14H,2-9H2,1H3. The number of hydrogen-bond donors (Lipinski definition) is 1. The minimum atomic E-state index is 0.702. The van der Waals surface area contributed by atoms with E-state index in [1.54, 1.807) is 0 Å². The molecule has 1 aliphatic carbocycles. The predicted octanol–water partition coefficient (Wildman–Crippen LogP) is 2.00. The third kappa shape index (κ3) is 2.51. The van der Waals surface area contributed by atoms with Crippen molar-refractivity contribution in [2.24, 2.45) is 0 Å². The summed E-state index contributed by atoms with van der Waals surface area (Å²) in [6.07, 6.45) is 8.97. The molecule has 1 aliphatic heterocycles. The summed E-state index contributed by atoms with van der Waals surface area (Å²) in [4.78, 5) is 0. The monoisotopic (exact) mass is 234 g/mol. The van der Waals surface area contributed by atoms with Crippen LogP contribution in [-0.2, 0) is 6.42 Å². The quantitative estimate of drug-likeness (QED) is 0.866. The molecule has 1 aromatic rings. The molecule has 2 fully saturated rings. The molecule has 3 rings (SSSR count). The van der Waals surface area contributed by atoms with Crippen molar-refractivity contribution in [3.8, 4) is 0 Å². The van der Waals surface area contributed by atoms with Gasteiger partial charge in [0.1, 0.15) is 11.6 Å². The zero-order valence-corrected chi connectivity index (χ0v) is 10.7. The van der Waals surface area contributed by atoms with Crippen LogP contribution in [0.15, 0.2) is 0 Å². The fourth-order valence-electron chi connectivity index (χ4n) is 2.87. The average Bonchev–Trinajstić information content (AvgIpc) is 3.12. The van der Waals surface area contributed by atoms with Crippen molar-refractivity contribution in [2.45, 2.75) is 64.0 Å². The van der Waals surface area contributed by atoms with Crippen LogP contribution in [0.2, 0.25) is 0 Å². The van der Waals surface area contributed by atoms with E-state index in [4.69, 9.17) is 0 Å². The lowest BCUT2D eigenvalue weighted by atomic mass is 10.0. The van der Waals surface area contributed by atoms with Gasteiger partial charge in [-0.2, -0.15) is 0 Å². The normalized spacial score (nSPS) is 25.1. The van der Waals surface area contributed by atoms with Crippen molar-refractivity contribution in [3.05, 3.63) is 11.6 Å². The highest BCUT2D eigenvalue weighted by Gasteiger charge is 2.28. The van der Waals surface area contributed by atoms with Gasteiger partial charge in [-0.15, -0.1) is 10.2 Å². The summed E-state index contributed by atoms with van der Waals surface area (Å²) in [5, 5.41) is 12.2. The Morgan fingerprint density at radius 3 is 2.82 bits per heavy atom. The lowest BCUT2D eigenvalue weighted by Crippen LogP contribution is -2.34. The van der Waals surface area contributed by atoms with Crippen LogP contribution in [0.1, 0.15) is 56.2 Å². The fourth-order valence-corrected chi connectivity index (χ4v) is 2.87. The van der Waals surface area contributed by atoms with Crippen LogP contribution in [0.4, 0.5) is 0 Å². The average molecular weight is 234 g/mol. The molecular formula is C13H22N4. The summed E-state index contributed by atoms with van der Waals surface area (Å²) in [5.74, 6) is 2.30. The van der Waals surface area contributed by atoms with Crippen LogP contribution < -0.4 is 5.32 Å². The van der Waals surface area contributed by atoms with Gasteiger partial charge >= 0.3 is 0 Å². The van der Waals surface area contributed by atoms with Gasteiger partial charge in [0.15, 0.2) is 0 Å². The van der Waals surface area contributed by atoms with E-state index in [-0.39, 0.29) is 0 Å². The number of nitrogens with zero attached hydrogens (tertiary/aromatic N) is 3. The van der Waals surface area contributed by atoms with Crippen LogP contribution in [0.25, 0.3) is 0 Å². The van der Waals surface area contributed by atoms with Gasteiger partial charge in [-0.1, -0.05) is 6.42 Å². The summed E-state index contributed by atoms with van der Waals surface area (Å²) in [7, 11) is 0. The van der Waals surface area contributed by atoms with Crippen molar-refractivity contribution in [1.29, 1.82) is 0 Å². The Morgan fingerprint density at radius 1 is 1.24 bits per heavy atom. The summed E-state index contributed by atoms with van der Waals surface area (Å²) < 4.78 is 2.36. The zero-order valence-electron chi connectivity index (χ0n) is 10.7. The number of aromatic nitrogens is 3. The molecular weight excluding hydrogens is 212 g/mol. The molecule has 0 aromatic carbocycles. The molecule has 0 amide bonds. The zero-order chi connectivity index (χ0) is 11.7. The molecule has 4 heteroatoms. The van der Waals surface area contributed by atoms with E-state index in [9.17, 15) is 0 Å². The number of aryl methyl sites for hydroxylation is 2. The van der Waals surface area contributed by atoms with Crippen molar-refractivity contribution >= 4 is 0 Å². The van der Waals surface area contributed by atoms with Crippen LogP contribution in [0.3, 0.4) is 0 Å². The van der Waals surface area contributed by atoms with Crippen LogP contribution in [0.5, 0.6) is 0 Å². The van der Waals surface area contributed by atoms with Gasteiger partial charge in [0.25, 0.3) is 0 Å². The Bertz CT molecular complexity index is 375. The lowest BCUT2D eigenvalue weighted by molar-refractivity contribution is 0.379. The van der Waals surface area contributed by atoms with E-state index < -0.39 is 0 Å². The first kappa shape index (κ1) is 11.2. The largest absolute Gasteiger partial charge is 0.314 e. The van der Waals surface area contributed by atoms with Crippen molar-refractivity contribution in [1.82, 2.24) is 20.1 Å². The van der Waals surface area contributed by atoms with Gasteiger partial charge in [-0.05, 0) is 45.6 Å². The first-order chi connectivity index (χ1) is 8.34. The van der Waals surface area contributed by atoms with Gasteiger partial charge < -0.3 is 9.88 Å². The minimum absolute atomic E-state index is 0.702. The summed E-state index contributed by atoms with van der Waals surface area (Å²) in [5.41, 5.74) is 0. The third-order valence-electron chi connectivity index (χ3n) is 3.98. The highest BCUT2D eigenvalue weighted by Crippen LogP contribution is 2.36. The summed E-state index contributed by atoms with van der Waals surface area (Å²) in [6.45, 7) is 3.27. The molecule has 1 saturated heterocycles. The summed E-state index contributed by atoms with van der Waals surface area (Å²) in [6, 6.07) is 1.41. The molecule has 1 N–H and O–H groups in total. The molecule has 0 bridgehead atoms. The third-order valence-corrected chi connectivity index (χ3v) is 3.98. The van der Waals surface area contributed by atoms with E-state index in [1.165, 1.54) is 50.9 Å². The number of hydrogen-bond acceptors (Lipinski definition) is 3. The maximum Gasteiger partial charge on any atom is 0.133 e. The van der Waals surface area contributed by atoms with Gasteiger partial charge in [0, 0.05) is 18.5 Å². The molecule has 0 radical (unpaired) electrons. The summed E-state index contributed by atoms with van der Waals surface area (Å²) >= 11 is 0. The topological polar surface area (TPSA) is 42.7 Å². The van der Waals surface area contributed by atoms with E-state index in [0.717, 1.165) is 12.2 Å². The van der Waals surface area contributed by atoms with Gasteiger partial charge in [0.2, 0.25) is 0 Å². The van der Waals surface area contributed by atoms with Crippen LogP contribution in [0, 0.1) is 6.92 Å². The maximum absolute atomic E-state index is 4.35. The Hall–Kier alpha value is -0.900. The molecule has 2 heterocycles. The molecule has 94 valence electrons. The van der Waals surface area contributed by atoms with Crippen LogP contribution >= 0.6 is 0 Å². The molecule has 0 spiro atoms. The van der Waals surface area contributed by atoms with Gasteiger partial charge in [-0.25, -0.2) is 0 Å². The molecule has 17 heavy (non-hydrogen) atoms. The molecule has 1 aromatic heterocycles. The Labute approximate surface area is 103 Å². The highest BCUT2D eigenvalue weighted by atomic mass is 15.3. The molecule has 1 atom stereocenters. The minimum Gasteiger partial charge on any atom is -0.314 e. The van der Waals surface area contributed by atoms with Gasteiger partial charge in [0.05, 0.1) is 0 Å². The first-order valence-electron chi connectivity index (χ1n) is 6.98. The molecule has 2 aliphatic rings. The Balaban J connectivity index is 1.60. The predicted molar refractivity (Wildman–Crippen MR) is 67.0 cm³/mol. The molecule has 1 unspecified atom stereocenters. The molecule has 4 nitrogen and oxygen atoms in total. The fraction of sp³-hybridized carbons (Fsp3) is 0.846. The lowest BCUT2D eigenvalue weighted by Gasteiger charge is -2.23. The number of nitrogens with one attached hydrogen (secondary N) is 1. The van der Waals surface area contributed by atoms with Crippen LogP contribution in [-0.4, -0.2) is 27.4 Å². The molecule has 1 saturated carbocycles. The second-order valence-corrected chi connectivity index (χ2v) is 5.45. The second-order valence-electron chi connectivity index (χ2n) is 5.45.